The van der Waals surface area contributed by atoms with Crippen molar-refractivity contribution in [2.45, 2.75) is 49.6 Å². The second-order valence-corrected chi connectivity index (χ2v) is 9.64. The van der Waals surface area contributed by atoms with Gasteiger partial charge in [-0.2, -0.15) is 19.2 Å². The monoisotopic (exact) mass is 554 g/mol. The molecule has 0 bridgehead atoms. The Labute approximate surface area is 230 Å². The summed E-state index contributed by atoms with van der Waals surface area (Å²) in [6, 6.07) is 25.2. The number of hydrogen-bond donors (Lipinski definition) is 4. The molecule has 4 rings (SSSR count). The minimum Gasteiger partial charge on any atom is -0.383 e. The van der Waals surface area contributed by atoms with Crippen LogP contribution in [0.3, 0.4) is 0 Å². The standard InChI is InChI=1S/2C13H15NOS.2CO2/c1-9(2)14-12-5-3-11-8-13(16-15)6-4-10(11)7-12;1-9(2)14-11-6-7-12-10(8-11)4-3-5-13(12)16-15;2*2-1-3/h2*3-9,14-15H,1-2H3;;. The van der Waals surface area contributed by atoms with Gasteiger partial charge < -0.3 is 19.7 Å². The Morgan fingerprint density at radius 1 is 0.632 bits per heavy atom. The van der Waals surface area contributed by atoms with Crippen LogP contribution in [0.25, 0.3) is 21.5 Å². The van der Waals surface area contributed by atoms with E-state index in [0.717, 1.165) is 61.4 Å². The van der Waals surface area contributed by atoms with E-state index in [2.05, 4.69) is 68.7 Å². The molecular formula is C28H30N2O6S2. The summed E-state index contributed by atoms with van der Waals surface area (Å²) in [4.78, 5) is 34.3. The number of benzene rings is 4. The SMILES string of the molecule is CC(C)Nc1ccc2c(SO)cccc2c1.CC(C)Nc1ccc2cc(SO)ccc2c1.O=C=O.O=C=O. The van der Waals surface area contributed by atoms with Crippen LogP contribution in [0.4, 0.5) is 11.4 Å². The molecule has 0 heterocycles. The molecule has 0 aliphatic carbocycles. The molecule has 0 fully saturated rings. The first-order chi connectivity index (χ1) is 18.2. The fraction of sp³-hybridized carbons (Fsp3) is 0.214. The Hall–Kier alpha value is -3.62. The smallest absolute Gasteiger partial charge is 0.373 e. The van der Waals surface area contributed by atoms with Gasteiger partial charge in [-0.05, 0) is 91.7 Å². The Kier molecular flexibility index (Phi) is 15.2. The van der Waals surface area contributed by atoms with E-state index in [1.165, 1.54) is 5.39 Å². The summed E-state index contributed by atoms with van der Waals surface area (Å²) in [5.74, 6) is 0. The number of anilines is 2. The predicted octanol–water partition coefficient (Wildman–Crippen LogP) is 7.28. The molecule has 10 heteroatoms. The molecule has 38 heavy (non-hydrogen) atoms. The van der Waals surface area contributed by atoms with E-state index in [1.807, 2.05) is 42.5 Å². The second kappa shape index (κ2) is 17.8. The van der Waals surface area contributed by atoms with Crippen LogP contribution in [0, 0.1) is 0 Å². The summed E-state index contributed by atoms with van der Waals surface area (Å²) in [5.41, 5.74) is 2.24. The van der Waals surface area contributed by atoms with Crippen molar-refractivity contribution in [2.24, 2.45) is 0 Å². The van der Waals surface area contributed by atoms with Crippen LogP contribution in [0.2, 0.25) is 0 Å². The molecular weight excluding hydrogens is 524 g/mol. The molecule has 200 valence electrons. The van der Waals surface area contributed by atoms with Crippen molar-refractivity contribution in [1.82, 2.24) is 0 Å². The van der Waals surface area contributed by atoms with Crippen molar-refractivity contribution in [1.29, 1.82) is 0 Å². The van der Waals surface area contributed by atoms with Crippen LogP contribution in [-0.4, -0.2) is 33.5 Å². The van der Waals surface area contributed by atoms with Crippen LogP contribution in [0.15, 0.2) is 82.6 Å². The molecule has 4 aromatic carbocycles. The van der Waals surface area contributed by atoms with Crippen LogP contribution in [0.5, 0.6) is 0 Å². The highest BCUT2D eigenvalue weighted by molar-refractivity contribution is 7.94. The van der Waals surface area contributed by atoms with Crippen molar-refractivity contribution in [3.05, 3.63) is 72.8 Å². The first-order valence-electron chi connectivity index (χ1n) is 11.4. The molecule has 0 radical (unpaired) electrons. The van der Waals surface area contributed by atoms with Crippen molar-refractivity contribution in [2.75, 3.05) is 10.6 Å². The number of rotatable bonds is 6. The summed E-state index contributed by atoms with van der Waals surface area (Å²) < 4.78 is 18.1. The van der Waals surface area contributed by atoms with E-state index < -0.39 is 0 Å². The summed E-state index contributed by atoms with van der Waals surface area (Å²) >= 11 is 1.58. The first kappa shape index (κ1) is 32.4. The normalized spacial score (nSPS) is 9.68. The highest BCUT2D eigenvalue weighted by atomic mass is 32.2. The lowest BCUT2D eigenvalue weighted by Gasteiger charge is -2.11. The number of nitrogens with one attached hydrogen (secondary N) is 2. The zero-order chi connectivity index (χ0) is 28.5. The Bertz CT molecular complexity index is 1350. The largest absolute Gasteiger partial charge is 0.383 e. The number of hydrogen-bond acceptors (Lipinski definition) is 10. The molecule has 0 saturated carbocycles. The van der Waals surface area contributed by atoms with E-state index in [9.17, 15) is 0 Å². The summed E-state index contributed by atoms with van der Waals surface area (Å²) in [6.45, 7) is 8.47. The molecule has 0 amide bonds. The van der Waals surface area contributed by atoms with Gasteiger partial charge >= 0.3 is 12.3 Å². The maximum atomic E-state index is 9.15. The third kappa shape index (κ3) is 11.2. The van der Waals surface area contributed by atoms with Gasteiger partial charge in [0.2, 0.25) is 0 Å². The third-order valence-corrected chi connectivity index (χ3v) is 5.78. The molecule has 0 aliphatic rings. The average Bonchev–Trinajstić information content (AvgIpc) is 2.88. The zero-order valence-electron chi connectivity index (χ0n) is 21.4. The Morgan fingerprint density at radius 3 is 1.66 bits per heavy atom. The lowest BCUT2D eigenvalue weighted by molar-refractivity contribution is -0.193. The van der Waals surface area contributed by atoms with Crippen molar-refractivity contribution in [3.8, 4) is 0 Å². The van der Waals surface area contributed by atoms with Crippen LogP contribution in [-0.2, 0) is 19.2 Å². The minimum atomic E-state index is 0.250. The average molecular weight is 555 g/mol. The topological polar surface area (TPSA) is 133 Å². The number of carbonyl (C=O) groups excluding carboxylic acids is 4. The Balaban J connectivity index is 0.000000315. The van der Waals surface area contributed by atoms with Gasteiger partial charge in [-0.15, -0.1) is 0 Å². The fourth-order valence-corrected chi connectivity index (χ4v) is 4.19. The number of fused-ring (bicyclic) bond motifs is 2. The zero-order valence-corrected chi connectivity index (χ0v) is 23.1. The first-order valence-corrected chi connectivity index (χ1v) is 13.0. The van der Waals surface area contributed by atoms with Gasteiger partial charge in [-0.25, -0.2) is 0 Å². The van der Waals surface area contributed by atoms with Gasteiger partial charge in [0.25, 0.3) is 0 Å². The highest BCUT2D eigenvalue weighted by Gasteiger charge is 2.03. The van der Waals surface area contributed by atoms with Crippen molar-refractivity contribution < 1.29 is 28.3 Å². The molecule has 0 aliphatic heterocycles. The van der Waals surface area contributed by atoms with E-state index in [1.54, 1.807) is 0 Å². The van der Waals surface area contributed by atoms with Crippen LogP contribution < -0.4 is 10.6 Å². The van der Waals surface area contributed by atoms with Crippen molar-refractivity contribution in [3.63, 3.8) is 0 Å². The maximum absolute atomic E-state index is 9.15. The van der Waals surface area contributed by atoms with Crippen LogP contribution in [0.1, 0.15) is 27.7 Å². The third-order valence-electron chi connectivity index (χ3n) is 4.77. The lowest BCUT2D eigenvalue weighted by Crippen LogP contribution is -2.09. The van der Waals surface area contributed by atoms with E-state index in [0.29, 0.717) is 12.1 Å². The van der Waals surface area contributed by atoms with Gasteiger partial charge in [0.1, 0.15) is 0 Å². The maximum Gasteiger partial charge on any atom is 0.373 e. The van der Waals surface area contributed by atoms with Gasteiger partial charge in [0.05, 0.1) is 0 Å². The molecule has 0 unspecified atom stereocenters. The van der Waals surface area contributed by atoms with Crippen LogP contribution >= 0.6 is 24.1 Å². The fourth-order valence-electron chi connectivity index (χ4n) is 3.46. The second-order valence-electron chi connectivity index (χ2n) is 8.36. The van der Waals surface area contributed by atoms with Crippen molar-refractivity contribution >= 4 is 69.3 Å². The molecule has 0 spiro atoms. The lowest BCUT2D eigenvalue weighted by atomic mass is 10.1. The molecule has 4 aromatic rings. The van der Waals surface area contributed by atoms with E-state index in [-0.39, 0.29) is 12.3 Å². The van der Waals surface area contributed by atoms with E-state index >= 15 is 0 Å². The molecule has 0 saturated heterocycles. The molecule has 0 aromatic heterocycles. The quantitative estimate of drug-likeness (QED) is 0.180. The molecule has 4 N–H and O–H groups in total. The minimum absolute atomic E-state index is 0.250. The van der Waals surface area contributed by atoms with Gasteiger partial charge in [0.15, 0.2) is 0 Å². The van der Waals surface area contributed by atoms with E-state index in [4.69, 9.17) is 28.3 Å². The summed E-state index contributed by atoms with van der Waals surface area (Å²) in [7, 11) is 0. The Morgan fingerprint density at radius 2 is 1.13 bits per heavy atom. The molecule has 8 nitrogen and oxygen atoms in total. The van der Waals surface area contributed by atoms with Gasteiger partial charge in [-0.3, -0.25) is 0 Å². The van der Waals surface area contributed by atoms with Gasteiger partial charge in [-0.1, -0.05) is 30.3 Å². The summed E-state index contributed by atoms with van der Waals surface area (Å²) in [6.07, 6.45) is 0.500. The predicted molar refractivity (Wildman–Crippen MR) is 152 cm³/mol. The summed E-state index contributed by atoms with van der Waals surface area (Å²) in [5, 5.41) is 11.3. The highest BCUT2D eigenvalue weighted by Crippen LogP contribution is 2.28. The van der Waals surface area contributed by atoms with Gasteiger partial charge in [0, 0.05) is 57.3 Å². The molecule has 0 atom stereocenters.